The minimum Gasteiger partial charge on any atom is -0.381 e. The number of rotatable bonds is 5. The van der Waals surface area contributed by atoms with Gasteiger partial charge >= 0.3 is 0 Å². The zero-order chi connectivity index (χ0) is 20.8. The van der Waals surface area contributed by atoms with E-state index in [4.69, 9.17) is 4.74 Å². The number of hydrogen-bond acceptors (Lipinski definition) is 2. The number of ether oxygens (including phenoxy) is 1. The zero-order valence-corrected chi connectivity index (χ0v) is 16.2. The van der Waals surface area contributed by atoms with Crippen molar-refractivity contribution in [2.45, 2.75) is 31.2 Å². The molecule has 2 fully saturated rings. The van der Waals surface area contributed by atoms with E-state index in [1.807, 2.05) is 0 Å². The summed E-state index contributed by atoms with van der Waals surface area (Å²) in [7, 11) is 0. The van der Waals surface area contributed by atoms with E-state index in [0.717, 1.165) is 11.6 Å². The van der Waals surface area contributed by atoms with E-state index in [-0.39, 0.29) is 29.2 Å². The van der Waals surface area contributed by atoms with Crippen molar-refractivity contribution < 1.29 is 22.7 Å². The van der Waals surface area contributed by atoms with Crippen LogP contribution in [0.15, 0.2) is 36.4 Å². The smallest absolute Gasteiger partial charge is 0.220 e. The number of H-pyrrole nitrogens is 1. The maximum atomic E-state index is 14.4. The van der Waals surface area contributed by atoms with Crippen LogP contribution in [0.2, 0.25) is 0 Å². The molecule has 0 unspecified atom stereocenters. The lowest BCUT2D eigenvalue weighted by Crippen LogP contribution is -2.45. The lowest BCUT2D eigenvalue weighted by Gasteiger charge is -2.37. The molecule has 1 amide bonds. The molecule has 2 aromatic carbocycles. The minimum atomic E-state index is -0.661. The van der Waals surface area contributed by atoms with Crippen molar-refractivity contribution in [3.05, 3.63) is 59.4 Å². The number of benzene rings is 2. The molecule has 4 nitrogen and oxygen atoms in total. The number of fused-ring (bicyclic) bond motifs is 1. The Bertz CT molecular complexity index is 1100. The highest BCUT2D eigenvalue weighted by atomic mass is 19.1. The van der Waals surface area contributed by atoms with Crippen LogP contribution in [0.5, 0.6) is 0 Å². The summed E-state index contributed by atoms with van der Waals surface area (Å²) < 4.78 is 46.9. The minimum absolute atomic E-state index is 0.0153. The van der Waals surface area contributed by atoms with Gasteiger partial charge in [0, 0.05) is 29.8 Å². The van der Waals surface area contributed by atoms with Crippen LogP contribution < -0.4 is 5.32 Å². The summed E-state index contributed by atoms with van der Waals surface area (Å²) in [5.41, 5.74) is 2.42. The van der Waals surface area contributed by atoms with E-state index in [1.54, 1.807) is 12.1 Å². The zero-order valence-electron chi connectivity index (χ0n) is 16.2. The summed E-state index contributed by atoms with van der Waals surface area (Å²) in [6, 6.07) is 8.15. The topological polar surface area (TPSA) is 54.1 Å². The first-order valence-electron chi connectivity index (χ1n) is 10.1. The predicted octanol–water partition coefficient (Wildman–Crippen LogP) is 4.65. The molecule has 0 radical (unpaired) electrons. The first-order chi connectivity index (χ1) is 14.5. The van der Waals surface area contributed by atoms with E-state index in [0.29, 0.717) is 55.0 Å². The van der Waals surface area contributed by atoms with Gasteiger partial charge in [-0.25, -0.2) is 13.2 Å². The molecule has 0 bridgehead atoms. The predicted molar refractivity (Wildman–Crippen MR) is 106 cm³/mol. The standard InChI is InChI=1S/C23H21F3N2O2/c24-15-3-1-13(2-4-15)22-21(18-8-16(25)9-19(26)23(18)28-22)14-6-17(7-14)27-20(29)5-12-10-30-11-12/h1-4,8-9,12,14,17,28H,5-7,10-11H2,(H,27,29). The molecule has 2 heterocycles. The Hall–Kier alpha value is -2.80. The largest absolute Gasteiger partial charge is 0.381 e. The molecule has 5 rings (SSSR count). The maximum Gasteiger partial charge on any atom is 0.220 e. The third-order valence-electron chi connectivity index (χ3n) is 6.09. The van der Waals surface area contributed by atoms with Crippen molar-refractivity contribution in [2.75, 3.05) is 13.2 Å². The summed E-state index contributed by atoms with van der Waals surface area (Å²) in [6.07, 6.45) is 1.84. The van der Waals surface area contributed by atoms with Crippen LogP contribution in [-0.2, 0) is 9.53 Å². The Morgan fingerprint density at radius 3 is 2.47 bits per heavy atom. The Morgan fingerprint density at radius 1 is 1.07 bits per heavy atom. The van der Waals surface area contributed by atoms with Gasteiger partial charge in [0.15, 0.2) is 0 Å². The summed E-state index contributed by atoms with van der Waals surface area (Å²) in [5.74, 6) is -1.31. The van der Waals surface area contributed by atoms with Gasteiger partial charge in [-0.3, -0.25) is 4.79 Å². The molecule has 156 valence electrons. The van der Waals surface area contributed by atoms with Crippen molar-refractivity contribution in [1.29, 1.82) is 0 Å². The van der Waals surface area contributed by atoms with Gasteiger partial charge in [-0.15, -0.1) is 0 Å². The Labute approximate surface area is 171 Å². The molecule has 30 heavy (non-hydrogen) atoms. The molecule has 1 aliphatic heterocycles. The van der Waals surface area contributed by atoms with Crippen molar-refractivity contribution in [3.8, 4) is 11.3 Å². The van der Waals surface area contributed by atoms with Crippen LogP contribution in [0.3, 0.4) is 0 Å². The van der Waals surface area contributed by atoms with Crippen LogP contribution in [0.25, 0.3) is 22.2 Å². The molecule has 7 heteroatoms. The molecule has 1 saturated heterocycles. The normalized spacial score (nSPS) is 21.3. The molecule has 1 aliphatic carbocycles. The van der Waals surface area contributed by atoms with Crippen LogP contribution >= 0.6 is 0 Å². The fraction of sp³-hybridized carbons (Fsp3) is 0.348. The number of aromatic nitrogens is 1. The van der Waals surface area contributed by atoms with Crippen LogP contribution in [0.4, 0.5) is 13.2 Å². The highest BCUT2D eigenvalue weighted by molar-refractivity contribution is 5.92. The summed E-state index contributed by atoms with van der Waals surface area (Å²) in [5, 5.41) is 3.54. The molecule has 0 atom stereocenters. The molecule has 2 N–H and O–H groups in total. The third kappa shape index (κ3) is 3.47. The van der Waals surface area contributed by atoms with Gasteiger partial charge < -0.3 is 15.0 Å². The number of aromatic amines is 1. The van der Waals surface area contributed by atoms with Gasteiger partial charge in [-0.1, -0.05) is 0 Å². The van der Waals surface area contributed by atoms with Gasteiger partial charge in [0.1, 0.15) is 17.5 Å². The van der Waals surface area contributed by atoms with Crippen molar-refractivity contribution in [2.24, 2.45) is 5.92 Å². The van der Waals surface area contributed by atoms with Crippen molar-refractivity contribution in [3.63, 3.8) is 0 Å². The average molecular weight is 414 g/mol. The second kappa shape index (κ2) is 7.47. The number of nitrogens with one attached hydrogen (secondary N) is 2. The summed E-state index contributed by atoms with van der Waals surface area (Å²) in [4.78, 5) is 15.2. The van der Waals surface area contributed by atoms with Gasteiger partial charge in [0.2, 0.25) is 5.91 Å². The first kappa shape index (κ1) is 19.2. The van der Waals surface area contributed by atoms with E-state index < -0.39 is 11.6 Å². The third-order valence-corrected chi connectivity index (χ3v) is 6.09. The van der Waals surface area contributed by atoms with Gasteiger partial charge in [-0.2, -0.15) is 0 Å². The summed E-state index contributed by atoms with van der Waals surface area (Å²) >= 11 is 0. The van der Waals surface area contributed by atoms with Crippen LogP contribution in [0.1, 0.15) is 30.7 Å². The highest BCUT2D eigenvalue weighted by Crippen LogP contribution is 2.45. The molecule has 3 aromatic rings. The van der Waals surface area contributed by atoms with E-state index in [2.05, 4.69) is 10.3 Å². The second-order valence-corrected chi connectivity index (χ2v) is 8.27. The van der Waals surface area contributed by atoms with E-state index in [9.17, 15) is 18.0 Å². The monoisotopic (exact) mass is 414 g/mol. The van der Waals surface area contributed by atoms with Gasteiger partial charge in [0.05, 0.1) is 24.4 Å². The summed E-state index contributed by atoms with van der Waals surface area (Å²) in [6.45, 7) is 1.27. The van der Waals surface area contributed by atoms with E-state index in [1.165, 1.54) is 18.2 Å². The second-order valence-electron chi connectivity index (χ2n) is 8.27. The van der Waals surface area contributed by atoms with E-state index >= 15 is 0 Å². The molecule has 1 aromatic heterocycles. The molecule has 1 saturated carbocycles. The number of halogens is 3. The van der Waals surface area contributed by atoms with Gasteiger partial charge in [-0.05, 0) is 60.2 Å². The molecule has 0 spiro atoms. The number of amides is 1. The Kier molecular flexibility index (Phi) is 4.77. The quantitative estimate of drug-likeness (QED) is 0.639. The SMILES string of the molecule is O=C(CC1COC1)NC1CC(c2c(-c3ccc(F)cc3)[nH]c3c(F)cc(F)cc23)C1. The van der Waals surface area contributed by atoms with Crippen LogP contribution in [0, 0.1) is 23.4 Å². The average Bonchev–Trinajstić information content (AvgIpc) is 3.01. The van der Waals surface area contributed by atoms with Crippen LogP contribution in [-0.4, -0.2) is 30.1 Å². The number of carbonyl (C=O) groups is 1. The molecule has 2 aliphatic rings. The maximum absolute atomic E-state index is 14.4. The van der Waals surface area contributed by atoms with Crippen molar-refractivity contribution in [1.82, 2.24) is 10.3 Å². The number of hydrogen-bond donors (Lipinski definition) is 2. The Morgan fingerprint density at radius 2 is 1.80 bits per heavy atom. The number of carbonyl (C=O) groups excluding carboxylic acids is 1. The fourth-order valence-corrected chi connectivity index (χ4v) is 4.43. The van der Waals surface area contributed by atoms with Gasteiger partial charge in [0.25, 0.3) is 0 Å². The first-order valence-corrected chi connectivity index (χ1v) is 10.1. The van der Waals surface area contributed by atoms with Crippen molar-refractivity contribution >= 4 is 16.8 Å². The fourth-order valence-electron chi connectivity index (χ4n) is 4.43. The lowest BCUT2D eigenvalue weighted by atomic mass is 9.74. The molecular formula is C23H21F3N2O2. The molecular weight excluding hydrogens is 393 g/mol. The lowest BCUT2D eigenvalue weighted by molar-refractivity contribution is -0.127. The highest BCUT2D eigenvalue weighted by Gasteiger charge is 2.36. The Balaban J connectivity index is 1.42.